The normalized spacial score (nSPS) is 11.3. The van der Waals surface area contributed by atoms with Crippen LogP contribution in [0.25, 0.3) is 5.69 Å². The molecular formula is C16H22N2O. The van der Waals surface area contributed by atoms with Gasteiger partial charge in [0, 0.05) is 11.8 Å². The van der Waals surface area contributed by atoms with Crippen LogP contribution in [0.3, 0.4) is 0 Å². The van der Waals surface area contributed by atoms with Crippen LogP contribution in [0.15, 0.2) is 23.0 Å². The van der Waals surface area contributed by atoms with Crippen LogP contribution in [0.5, 0.6) is 0 Å². The molecule has 0 atom stereocenters. The van der Waals surface area contributed by atoms with Gasteiger partial charge in [0.25, 0.3) is 5.56 Å². The molecule has 19 heavy (non-hydrogen) atoms. The van der Waals surface area contributed by atoms with Gasteiger partial charge in [-0.3, -0.25) is 9.89 Å². The number of benzene rings is 1. The lowest BCUT2D eigenvalue weighted by Gasteiger charge is -2.11. The molecule has 102 valence electrons. The monoisotopic (exact) mass is 258 g/mol. The van der Waals surface area contributed by atoms with Crippen molar-refractivity contribution in [2.75, 3.05) is 0 Å². The summed E-state index contributed by atoms with van der Waals surface area (Å²) in [6.45, 7) is 10.5. The topological polar surface area (TPSA) is 37.8 Å². The molecule has 0 aliphatic rings. The number of H-pyrrole nitrogens is 1. The fraction of sp³-hybridized carbons (Fsp3) is 0.438. The highest BCUT2D eigenvalue weighted by Gasteiger charge is 2.11. The van der Waals surface area contributed by atoms with E-state index in [0.29, 0.717) is 5.92 Å². The zero-order valence-electron chi connectivity index (χ0n) is 12.4. The van der Waals surface area contributed by atoms with Crippen molar-refractivity contribution in [2.24, 2.45) is 5.92 Å². The van der Waals surface area contributed by atoms with Crippen LogP contribution in [0.1, 0.15) is 36.2 Å². The minimum atomic E-state index is 0.0192. The fourth-order valence-corrected chi connectivity index (χ4v) is 2.68. The average Bonchev–Trinajstić information content (AvgIpc) is 2.57. The fourth-order valence-electron chi connectivity index (χ4n) is 2.68. The Morgan fingerprint density at radius 3 is 2.21 bits per heavy atom. The lowest BCUT2D eigenvalue weighted by molar-refractivity contribution is 0.627. The highest BCUT2D eigenvalue weighted by molar-refractivity contribution is 5.48. The van der Waals surface area contributed by atoms with E-state index in [1.54, 1.807) is 10.7 Å². The Kier molecular flexibility index (Phi) is 3.65. The van der Waals surface area contributed by atoms with Gasteiger partial charge in [0.1, 0.15) is 0 Å². The summed E-state index contributed by atoms with van der Waals surface area (Å²) in [6.07, 6.45) is 0.895. The molecule has 0 saturated heterocycles. The first-order valence-electron chi connectivity index (χ1n) is 6.77. The number of rotatable bonds is 3. The highest BCUT2D eigenvalue weighted by Crippen LogP contribution is 2.19. The summed E-state index contributed by atoms with van der Waals surface area (Å²) in [5.41, 5.74) is 5.46. The molecular weight excluding hydrogens is 236 g/mol. The molecule has 1 aromatic carbocycles. The van der Waals surface area contributed by atoms with Gasteiger partial charge in [-0.2, -0.15) is 0 Å². The van der Waals surface area contributed by atoms with Gasteiger partial charge >= 0.3 is 0 Å². The Morgan fingerprint density at radius 1 is 1.11 bits per heavy atom. The van der Waals surface area contributed by atoms with E-state index < -0.39 is 0 Å². The van der Waals surface area contributed by atoms with Crippen LogP contribution < -0.4 is 5.56 Å². The van der Waals surface area contributed by atoms with E-state index in [9.17, 15) is 4.79 Å². The Balaban J connectivity index is 2.54. The molecule has 1 N–H and O–H groups in total. The number of hydrogen-bond donors (Lipinski definition) is 1. The van der Waals surface area contributed by atoms with E-state index in [0.717, 1.165) is 28.9 Å². The SMILES string of the molecule is Cc1cc(C)c(-n2[nH]c(CC(C)C)cc2=O)c(C)c1. The van der Waals surface area contributed by atoms with E-state index in [1.807, 2.05) is 13.8 Å². The quantitative estimate of drug-likeness (QED) is 0.901. The smallest absolute Gasteiger partial charge is 0.271 e. The maximum Gasteiger partial charge on any atom is 0.271 e. The van der Waals surface area contributed by atoms with Gasteiger partial charge in [-0.15, -0.1) is 0 Å². The molecule has 0 fully saturated rings. The zero-order chi connectivity index (χ0) is 14.2. The third-order valence-electron chi connectivity index (χ3n) is 3.26. The van der Waals surface area contributed by atoms with Gasteiger partial charge in [-0.25, -0.2) is 4.68 Å². The number of nitrogens with one attached hydrogen (secondary N) is 1. The molecule has 2 aromatic rings. The van der Waals surface area contributed by atoms with Crippen molar-refractivity contribution in [2.45, 2.75) is 41.0 Å². The van der Waals surface area contributed by atoms with Gasteiger partial charge in [-0.1, -0.05) is 31.5 Å². The first kappa shape index (κ1) is 13.7. The maximum atomic E-state index is 12.1. The maximum absolute atomic E-state index is 12.1. The minimum absolute atomic E-state index is 0.0192. The second kappa shape index (κ2) is 5.08. The molecule has 0 aliphatic carbocycles. The molecule has 1 heterocycles. The van der Waals surface area contributed by atoms with Crippen molar-refractivity contribution in [1.82, 2.24) is 9.78 Å². The summed E-state index contributed by atoms with van der Waals surface area (Å²) in [5.74, 6) is 0.534. The molecule has 0 amide bonds. The van der Waals surface area contributed by atoms with Crippen molar-refractivity contribution in [3.63, 3.8) is 0 Å². The number of aromatic nitrogens is 2. The summed E-state index contributed by atoms with van der Waals surface area (Å²) >= 11 is 0. The second-order valence-corrected chi connectivity index (χ2v) is 5.80. The molecule has 0 bridgehead atoms. The largest absolute Gasteiger partial charge is 0.295 e. The standard InChI is InChI=1S/C16H22N2O/c1-10(2)6-14-9-15(19)18(17-14)16-12(4)7-11(3)8-13(16)5/h7-10,17H,6H2,1-5H3. The van der Waals surface area contributed by atoms with Crippen LogP contribution in [-0.2, 0) is 6.42 Å². The van der Waals surface area contributed by atoms with Crippen LogP contribution in [0.2, 0.25) is 0 Å². The lowest BCUT2D eigenvalue weighted by Crippen LogP contribution is -2.16. The van der Waals surface area contributed by atoms with Gasteiger partial charge in [0.15, 0.2) is 0 Å². The molecule has 1 aromatic heterocycles. The van der Waals surface area contributed by atoms with Crippen molar-refractivity contribution in [1.29, 1.82) is 0 Å². The van der Waals surface area contributed by atoms with Crippen LogP contribution in [0.4, 0.5) is 0 Å². The lowest BCUT2D eigenvalue weighted by atomic mass is 10.1. The zero-order valence-corrected chi connectivity index (χ0v) is 12.4. The summed E-state index contributed by atoms with van der Waals surface area (Å²) in [7, 11) is 0. The van der Waals surface area contributed by atoms with E-state index in [4.69, 9.17) is 0 Å². The molecule has 0 aliphatic heterocycles. The highest BCUT2D eigenvalue weighted by atomic mass is 16.1. The minimum Gasteiger partial charge on any atom is -0.295 e. The summed E-state index contributed by atoms with van der Waals surface area (Å²) in [5, 5.41) is 3.23. The van der Waals surface area contributed by atoms with Gasteiger partial charge in [-0.05, 0) is 44.2 Å². The van der Waals surface area contributed by atoms with Crippen LogP contribution in [-0.4, -0.2) is 9.78 Å². The van der Waals surface area contributed by atoms with E-state index in [-0.39, 0.29) is 5.56 Å². The number of aryl methyl sites for hydroxylation is 3. The second-order valence-electron chi connectivity index (χ2n) is 5.80. The molecule has 0 saturated carbocycles. The van der Waals surface area contributed by atoms with E-state index >= 15 is 0 Å². The third-order valence-corrected chi connectivity index (χ3v) is 3.26. The number of hydrogen-bond acceptors (Lipinski definition) is 1. The number of aromatic amines is 1. The molecule has 0 radical (unpaired) electrons. The Bertz CT molecular complexity index is 624. The van der Waals surface area contributed by atoms with Crippen LogP contribution >= 0.6 is 0 Å². The average molecular weight is 258 g/mol. The summed E-state index contributed by atoms with van der Waals surface area (Å²) in [4.78, 5) is 12.1. The third kappa shape index (κ3) is 2.80. The van der Waals surface area contributed by atoms with Crippen LogP contribution in [0, 0.1) is 26.7 Å². The predicted octanol–water partition coefficient (Wildman–Crippen LogP) is 3.29. The predicted molar refractivity (Wildman–Crippen MR) is 79.1 cm³/mol. The van der Waals surface area contributed by atoms with Gasteiger partial charge < -0.3 is 0 Å². The van der Waals surface area contributed by atoms with E-state index in [1.165, 1.54) is 5.56 Å². The van der Waals surface area contributed by atoms with Crippen molar-refractivity contribution >= 4 is 0 Å². The number of nitrogens with zero attached hydrogens (tertiary/aromatic N) is 1. The molecule has 3 heteroatoms. The molecule has 0 unspecified atom stereocenters. The van der Waals surface area contributed by atoms with Crippen molar-refractivity contribution < 1.29 is 0 Å². The molecule has 2 rings (SSSR count). The van der Waals surface area contributed by atoms with Crippen molar-refractivity contribution in [3.8, 4) is 5.69 Å². The van der Waals surface area contributed by atoms with E-state index in [2.05, 4.69) is 38.0 Å². The van der Waals surface area contributed by atoms with Gasteiger partial charge in [0.05, 0.1) is 5.69 Å². The Labute approximate surface area is 114 Å². The first-order valence-corrected chi connectivity index (χ1v) is 6.77. The summed E-state index contributed by atoms with van der Waals surface area (Å²) in [6, 6.07) is 5.92. The molecule has 0 spiro atoms. The Hall–Kier alpha value is -1.77. The molecule has 3 nitrogen and oxygen atoms in total. The summed E-state index contributed by atoms with van der Waals surface area (Å²) < 4.78 is 1.67. The van der Waals surface area contributed by atoms with Crippen molar-refractivity contribution in [3.05, 3.63) is 50.9 Å². The first-order chi connectivity index (χ1) is 8.88. The Morgan fingerprint density at radius 2 is 1.68 bits per heavy atom. The van der Waals surface area contributed by atoms with Gasteiger partial charge in [0.2, 0.25) is 0 Å².